The van der Waals surface area contributed by atoms with Gasteiger partial charge >= 0.3 is 0 Å². The van der Waals surface area contributed by atoms with Gasteiger partial charge in [0.1, 0.15) is 5.82 Å². The number of benzene rings is 1. The number of aryl methyl sites for hydroxylation is 1. The fourth-order valence-corrected chi connectivity index (χ4v) is 3.71. The minimum Gasteiger partial charge on any atom is -0.396 e. The van der Waals surface area contributed by atoms with Crippen LogP contribution in [0.4, 0.5) is 10.1 Å². The van der Waals surface area contributed by atoms with Gasteiger partial charge in [0.15, 0.2) is 0 Å². The van der Waals surface area contributed by atoms with Crippen LogP contribution in [-0.2, 0) is 14.8 Å². The molecule has 112 valence electrons. The van der Waals surface area contributed by atoms with Gasteiger partial charge in [-0.25, -0.2) is 17.5 Å². The molecular formula is C13H19FN2O3S. The standard InChI is InChI=1S/C13H19FN2O3S/c1-8-5-11(7-12(15)13(8)14)20(17,18)16-10-3-4-19-9(2)6-10/h5,7,9-10,16H,3-4,6,15H2,1-2H3. The van der Waals surface area contributed by atoms with E-state index < -0.39 is 15.8 Å². The maximum absolute atomic E-state index is 13.5. The third-order valence-corrected chi connectivity index (χ3v) is 4.87. The van der Waals surface area contributed by atoms with Gasteiger partial charge in [0, 0.05) is 12.6 Å². The van der Waals surface area contributed by atoms with Gasteiger partial charge in [-0.3, -0.25) is 0 Å². The van der Waals surface area contributed by atoms with E-state index in [-0.39, 0.29) is 28.3 Å². The Kier molecular flexibility index (Phi) is 4.31. The molecule has 1 aromatic carbocycles. The van der Waals surface area contributed by atoms with Gasteiger partial charge in [-0.15, -0.1) is 0 Å². The Bertz CT molecular complexity index is 581. The Morgan fingerprint density at radius 1 is 1.45 bits per heavy atom. The lowest BCUT2D eigenvalue weighted by Crippen LogP contribution is -2.41. The van der Waals surface area contributed by atoms with E-state index in [1.54, 1.807) is 0 Å². The number of halogens is 1. The summed E-state index contributed by atoms with van der Waals surface area (Å²) in [4.78, 5) is -0.00644. The minimum atomic E-state index is -3.70. The summed E-state index contributed by atoms with van der Waals surface area (Å²) < 4.78 is 46.0. The van der Waals surface area contributed by atoms with Gasteiger partial charge in [0.25, 0.3) is 0 Å². The highest BCUT2D eigenvalue weighted by atomic mass is 32.2. The third kappa shape index (κ3) is 3.28. The molecule has 3 N–H and O–H groups in total. The average Bonchev–Trinajstić information content (AvgIpc) is 2.34. The molecule has 1 saturated heterocycles. The zero-order valence-electron chi connectivity index (χ0n) is 11.5. The molecule has 1 aromatic rings. The van der Waals surface area contributed by atoms with Gasteiger partial charge in [-0.1, -0.05) is 0 Å². The minimum absolute atomic E-state index is 0.00644. The lowest BCUT2D eigenvalue weighted by molar-refractivity contribution is 0.0173. The van der Waals surface area contributed by atoms with E-state index in [1.807, 2.05) is 6.92 Å². The first-order chi connectivity index (χ1) is 9.29. The van der Waals surface area contributed by atoms with Gasteiger partial charge < -0.3 is 10.5 Å². The zero-order chi connectivity index (χ0) is 14.9. The van der Waals surface area contributed by atoms with Crippen molar-refractivity contribution >= 4 is 15.7 Å². The maximum atomic E-state index is 13.5. The quantitative estimate of drug-likeness (QED) is 0.830. The highest BCUT2D eigenvalue weighted by molar-refractivity contribution is 7.89. The molecule has 20 heavy (non-hydrogen) atoms. The molecule has 0 aromatic heterocycles. The lowest BCUT2D eigenvalue weighted by atomic mass is 10.1. The van der Waals surface area contributed by atoms with E-state index in [9.17, 15) is 12.8 Å². The number of nitrogens with two attached hydrogens (primary N) is 1. The number of anilines is 1. The fourth-order valence-electron chi connectivity index (χ4n) is 2.31. The topological polar surface area (TPSA) is 81.4 Å². The largest absolute Gasteiger partial charge is 0.396 e. The monoisotopic (exact) mass is 302 g/mol. The van der Waals surface area contributed by atoms with Crippen LogP contribution in [0.25, 0.3) is 0 Å². The first kappa shape index (κ1) is 15.2. The van der Waals surface area contributed by atoms with Crippen LogP contribution in [0.15, 0.2) is 17.0 Å². The number of nitrogens with one attached hydrogen (secondary N) is 1. The summed E-state index contributed by atoms with van der Waals surface area (Å²) in [6.45, 7) is 3.92. The highest BCUT2D eigenvalue weighted by Gasteiger charge is 2.25. The van der Waals surface area contributed by atoms with Gasteiger partial charge in [-0.2, -0.15) is 0 Å². The first-order valence-electron chi connectivity index (χ1n) is 6.49. The molecule has 0 saturated carbocycles. The third-order valence-electron chi connectivity index (χ3n) is 3.37. The molecule has 1 aliphatic heterocycles. The summed E-state index contributed by atoms with van der Waals surface area (Å²) in [6.07, 6.45) is 1.27. The van der Waals surface area contributed by atoms with Crippen molar-refractivity contribution in [1.82, 2.24) is 4.72 Å². The van der Waals surface area contributed by atoms with Crippen molar-refractivity contribution in [3.05, 3.63) is 23.5 Å². The molecule has 2 atom stereocenters. The summed E-state index contributed by atoms with van der Waals surface area (Å²) in [5.41, 5.74) is 5.54. The molecule has 1 fully saturated rings. The Morgan fingerprint density at radius 2 is 2.15 bits per heavy atom. The lowest BCUT2D eigenvalue weighted by Gasteiger charge is -2.27. The van der Waals surface area contributed by atoms with E-state index in [0.29, 0.717) is 19.4 Å². The predicted octanol–water partition coefficient (Wildman–Crippen LogP) is 1.56. The summed E-state index contributed by atoms with van der Waals surface area (Å²) in [6, 6.07) is 2.26. The van der Waals surface area contributed by atoms with Crippen LogP contribution in [0, 0.1) is 12.7 Å². The van der Waals surface area contributed by atoms with Crippen LogP contribution in [0.2, 0.25) is 0 Å². The predicted molar refractivity (Wildman–Crippen MR) is 74.3 cm³/mol. The number of hydrogen-bond donors (Lipinski definition) is 2. The van der Waals surface area contributed by atoms with Crippen LogP contribution >= 0.6 is 0 Å². The smallest absolute Gasteiger partial charge is 0.240 e. The summed E-state index contributed by atoms with van der Waals surface area (Å²) in [5, 5.41) is 0. The van der Waals surface area contributed by atoms with Gasteiger partial charge in [-0.05, 0) is 44.4 Å². The van der Waals surface area contributed by atoms with Gasteiger partial charge in [0.2, 0.25) is 10.0 Å². The maximum Gasteiger partial charge on any atom is 0.240 e. The fraction of sp³-hybridized carbons (Fsp3) is 0.538. The highest BCUT2D eigenvalue weighted by Crippen LogP contribution is 2.22. The molecule has 0 spiro atoms. The molecule has 1 heterocycles. The second-order valence-electron chi connectivity index (χ2n) is 5.17. The number of ether oxygens (including phenoxy) is 1. The molecular weight excluding hydrogens is 283 g/mol. The SMILES string of the molecule is Cc1cc(S(=O)(=O)NC2CCOC(C)C2)cc(N)c1F. The first-order valence-corrected chi connectivity index (χ1v) is 7.97. The van der Waals surface area contributed by atoms with Crippen molar-refractivity contribution in [1.29, 1.82) is 0 Å². The summed E-state index contributed by atoms with van der Waals surface area (Å²) in [7, 11) is -3.70. The van der Waals surface area contributed by atoms with Gasteiger partial charge in [0.05, 0.1) is 16.7 Å². The Labute approximate surface area is 118 Å². The number of rotatable bonds is 3. The molecule has 2 unspecified atom stereocenters. The molecule has 1 aliphatic rings. The van der Waals surface area contributed by atoms with Crippen molar-refractivity contribution in [2.75, 3.05) is 12.3 Å². The number of sulfonamides is 1. The van der Waals surface area contributed by atoms with Crippen LogP contribution in [-0.4, -0.2) is 27.2 Å². The molecule has 0 amide bonds. The molecule has 0 aliphatic carbocycles. The second-order valence-corrected chi connectivity index (χ2v) is 6.88. The molecule has 5 nitrogen and oxygen atoms in total. The van der Waals surface area contributed by atoms with E-state index in [0.717, 1.165) is 6.07 Å². The number of nitrogen functional groups attached to an aromatic ring is 1. The molecule has 7 heteroatoms. The van der Waals surface area contributed by atoms with Crippen LogP contribution in [0.5, 0.6) is 0 Å². The van der Waals surface area contributed by atoms with E-state index in [4.69, 9.17) is 10.5 Å². The van der Waals surface area contributed by atoms with Crippen molar-refractivity contribution in [2.24, 2.45) is 0 Å². The molecule has 0 radical (unpaired) electrons. The van der Waals surface area contributed by atoms with Crippen molar-refractivity contribution in [3.8, 4) is 0 Å². The van der Waals surface area contributed by atoms with Crippen molar-refractivity contribution < 1.29 is 17.5 Å². The number of hydrogen-bond acceptors (Lipinski definition) is 4. The average molecular weight is 302 g/mol. The van der Waals surface area contributed by atoms with E-state index in [2.05, 4.69) is 4.72 Å². The summed E-state index contributed by atoms with van der Waals surface area (Å²) in [5.74, 6) is -0.580. The Balaban J connectivity index is 2.22. The van der Waals surface area contributed by atoms with Crippen LogP contribution in [0.3, 0.4) is 0 Å². The normalized spacial score (nSPS) is 23.8. The zero-order valence-corrected chi connectivity index (χ0v) is 12.3. The van der Waals surface area contributed by atoms with E-state index >= 15 is 0 Å². The Hall–Kier alpha value is -1.18. The molecule has 2 rings (SSSR count). The van der Waals surface area contributed by atoms with Crippen LogP contribution < -0.4 is 10.5 Å². The summed E-state index contributed by atoms with van der Waals surface area (Å²) >= 11 is 0. The molecule has 0 bridgehead atoms. The second kappa shape index (κ2) is 5.67. The van der Waals surface area contributed by atoms with Crippen molar-refractivity contribution in [3.63, 3.8) is 0 Å². The van der Waals surface area contributed by atoms with Crippen molar-refractivity contribution in [2.45, 2.75) is 43.7 Å². The van der Waals surface area contributed by atoms with Crippen LogP contribution in [0.1, 0.15) is 25.3 Å². The Morgan fingerprint density at radius 3 is 2.75 bits per heavy atom. The van der Waals surface area contributed by atoms with E-state index in [1.165, 1.54) is 13.0 Å².